The lowest BCUT2D eigenvalue weighted by Crippen LogP contribution is -2.44. The number of halogens is 1. The zero-order valence-corrected chi connectivity index (χ0v) is 18.2. The van der Waals surface area contributed by atoms with Gasteiger partial charge in [-0.25, -0.2) is 14.0 Å². The molecule has 0 saturated carbocycles. The quantitative estimate of drug-likeness (QED) is 0.463. The third-order valence-corrected chi connectivity index (χ3v) is 4.66. The van der Waals surface area contributed by atoms with Gasteiger partial charge in [0.2, 0.25) is 5.76 Å². The zero-order valence-electron chi connectivity index (χ0n) is 18.2. The van der Waals surface area contributed by atoms with Crippen molar-refractivity contribution in [3.8, 4) is 11.3 Å². The normalized spacial score (nSPS) is 11.5. The van der Waals surface area contributed by atoms with E-state index in [1.165, 1.54) is 31.4 Å². The molecule has 3 N–H and O–H groups in total. The number of nitrogens with one attached hydrogen (secondary N) is 3. The number of ether oxygens (including phenoxy) is 1. The van der Waals surface area contributed by atoms with E-state index in [2.05, 4.69) is 21.1 Å². The number of aromatic nitrogens is 1. The molecule has 3 aromatic rings. The summed E-state index contributed by atoms with van der Waals surface area (Å²) in [5.41, 5.74) is 1.86. The molecule has 3 amide bonds. The third-order valence-electron chi connectivity index (χ3n) is 4.66. The van der Waals surface area contributed by atoms with Gasteiger partial charge in [0.15, 0.2) is 0 Å². The van der Waals surface area contributed by atoms with Crippen LogP contribution in [0.4, 0.5) is 20.6 Å². The predicted octanol–water partition coefficient (Wildman–Crippen LogP) is 4.05. The number of benzene rings is 2. The second kappa shape index (κ2) is 10.4. The summed E-state index contributed by atoms with van der Waals surface area (Å²) >= 11 is 0. The summed E-state index contributed by atoms with van der Waals surface area (Å²) in [6.07, 6.45) is 0. The van der Waals surface area contributed by atoms with Crippen molar-refractivity contribution in [2.24, 2.45) is 5.92 Å². The van der Waals surface area contributed by atoms with E-state index in [-0.39, 0.29) is 11.7 Å². The number of carbonyl (C=O) groups excluding carboxylic acids is 3. The van der Waals surface area contributed by atoms with E-state index in [0.717, 1.165) is 0 Å². The molecule has 1 heterocycles. The Hall–Kier alpha value is -4.21. The van der Waals surface area contributed by atoms with Crippen molar-refractivity contribution in [1.29, 1.82) is 0 Å². The number of methoxy groups -OCH3 is 1. The molecule has 0 aliphatic carbocycles. The van der Waals surface area contributed by atoms with Crippen molar-refractivity contribution in [3.05, 3.63) is 66.2 Å². The number of nitrogens with zero attached hydrogens (tertiary/aromatic N) is 1. The first-order chi connectivity index (χ1) is 15.8. The molecule has 1 atom stereocenters. The van der Waals surface area contributed by atoms with Crippen LogP contribution in [-0.2, 0) is 9.53 Å². The minimum Gasteiger partial charge on any atom is -0.467 e. The van der Waals surface area contributed by atoms with Crippen LogP contribution in [0.5, 0.6) is 0 Å². The minimum absolute atomic E-state index is 0.0591. The number of hydrogen-bond donors (Lipinski definition) is 3. The second-order valence-electron chi connectivity index (χ2n) is 7.46. The highest BCUT2D eigenvalue weighted by atomic mass is 19.1. The second-order valence-corrected chi connectivity index (χ2v) is 7.46. The summed E-state index contributed by atoms with van der Waals surface area (Å²) in [7, 11) is 1.25. The van der Waals surface area contributed by atoms with E-state index >= 15 is 0 Å². The average molecular weight is 454 g/mol. The van der Waals surface area contributed by atoms with Gasteiger partial charge < -0.3 is 25.2 Å². The van der Waals surface area contributed by atoms with Crippen LogP contribution in [0, 0.1) is 11.7 Å². The van der Waals surface area contributed by atoms with Crippen molar-refractivity contribution in [1.82, 2.24) is 10.5 Å². The Morgan fingerprint density at radius 2 is 1.70 bits per heavy atom. The molecule has 0 spiro atoms. The van der Waals surface area contributed by atoms with E-state index in [1.807, 2.05) is 0 Å². The van der Waals surface area contributed by atoms with Crippen molar-refractivity contribution in [2.75, 3.05) is 17.7 Å². The van der Waals surface area contributed by atoms with Crippen LogP contribution in [-0.4, -0.2) is 36.2 Å². The SMILES string of the molecule is COC(=O)C(NC(=O)c1cc(-c2ccc(NC(=O)Nc3cccc(F)c3)cc2)no1)C(C)C. The van der Waals surface area contributed by atoms with Gasteiger partial charge in [-0.05, 0) is 36.2 Å². The van der Waals surface area contributed by atoms with Gasteiger partial charge in [-0.1, -0.05) is 37.2 Å². The summed E-state index contributed by atoms with van der Waals surface area (Å²) in [4.78, 5) is 36.4. The Bertz CT molecular complexity index is 1140. The topological polar surface area (TPSA) is 123 Å². The van der Waals surface area contributed by atoms with E-state index in [1.54, 1.807) is 44.2 Å². The molecule has 33 heavy (non-hydrogen) atoms. The Morgan fingerprint density at radius 3 is 2.33 bits per heavy atom. The maximum absolute atomic E-state index is 13.2. The van der Waals surface area contributed by atoms with Gasteiger partial charge in [0.25, 0.3) is 5.91 Å². The largest absolute Gasteiger partial charge is 0.467 e. The van der Waals surface area contributed by atoms with Crippen LogP contribution < -0.4 is 16.0 Å². The number of amides is 3. The molecular weight excluding hydrogens is 431 g/mol. The Kier molecular flexibility index (Phi) is 7.39. The molecule has 0 bridgehead atoms. The van der Waals surface area contributed by atoms with Gasteiger partial charge in [0.1, 0.15) is 17.6 Å². The number of anilines is 2. The fourth-order valence-corrected chi connectivity index (χ4v) is 2.94. The zero-order chi connectivity index (χ0) is 24.0. The van der Waals surface area contributed by atoms with Crippen molar-refractivity contribution >= 4 is 29.3 Å². The Balaban J connectivity index is 1.62. The maximum Gasteiger partial charge on any atom is 0.328 e. The fraction of sp³-hybridized carbons (Fsp3) is 0.217. The summed E-state index contributed by atoms with van der Waals surface area (Å²) in [6.45, 7) is 3.56. The van der Waals surface area contributed by atoms with Gasteiger partial charge in [-0.2, -0.15) is 0 Å². The van der Waals surface area contributed by atoms with E-state index in [4.69, 9.17) is 9.26 Å². The van der Waals surface area contributed by atoms with Crippen LogP contribution in [0.25, 0.3) is 11.3 Å². The Labute approximate surface area is 189 Å². The molecule has 0 fully saturated rings. The van der Waals surface area contributed by atoms with Crippen LogP contribution in [0.2, 0.25) is 0 Å². The lowest BCUT2D eigenvalue weighted by molar-refractivity contribution is -0.144. The average Bonchev–Trinajstić information content (AvgIpc) is 3.27. The molecule has 3 rings (SSSR count). The monoisotopic (exact) mass is 454 g/mol. The van der Waals surface area contributed by atoms with Crippen LogP contribution in [0.3, 0.4) is 0 Å². The van der Waals surface area contributed by atoms with E-state index in [9.17, 15) is 18.8 Å². The van der Waals surface area contributed by atoms with Gasteiger partial charge in [-0.3, -0.25) is 4.79 Å². The molecular formula is C23H23FN4O5. The maximum atomic E-state index is 13.2. The highest BCUT2D eigenvalue weighted by Crippen LogP contribution is 2.22. The van der Waals surface area contributed by atoms with Crippen LogP contribution >= 0.6 is 0 Å². The van der Waals surface area contributed by atoms with E-state index < -0.39 is 29.8 Å². The molecule has 0 aliphatic heterocycles. The van der Waals surface area contributed by atoms with E-state index in [0.29, 0.717) is 22.6 Å². The summed E-state index contributed by atoms with van der Waals surface area (Å²) in [5, 5.41) is 11.6. The molecule has 10 heteroatoms. The lowest BCUT2D eigenvalue weighted by atomic mass is 10.0. The Morgan fingerprint density at radius 1 is 1.00 bits per heavy atom. The molecule has 172 valence electrons. The molecule has 1 aromatic heterocycles. The number of esters is 1. The van der Waals surface area contributed by atoms with Gasteiger partial charge >= 0.3 is 12.0 Å². The standard InChI is InChI=1S/C23H23FN4O5/c1-13(2)20(22(30)32-3)27-21(29)19-12-18(28-33-19)14-7-9-16(10-8-14)25-23(31)26-17-6-4-5-15(24)11-17/h4-13,20H,1-3H3,(H,27,29)(H2,25,26,31). The van der Waals surface area contributed by atoms with Crippen LogP contribution in [0.15, 0.2) is 59.1 Å². The fourth-order valence-electron chi connectivity index (χ4n) is 2.94. The number of carbonyl (C=O) groups is 3. The number of rotatable bonds is 7. The highest BCUT2D eigenvalue weighted by molar-refractivity contribution is 6.00. The molecule has 0 saturated heterocycles. The van der Waals surface area contributed by atoms with Crippen LogP contribution in [0.1, 0.15) is 24.4 Å². The number of urea groups is 1. The predicted molar refractivity (Wildman–Crippen MR) is 119 cm³/mol. The first-order valence-corrected chi connectivity index (χ1v) is 10.1. The summed E-state index contributed by atoms with van der Waals surface area (Å²) in [5.74, 6) is -1.84. The lowest BCUT2D eigenvalue weighted by Gasteiger charge is -2.18. The minimum atomic E-state index is -0.820. The van der Waals surface area contributed by atoms with Gasteiger partial charge in [-0.15, -0.1) is 0 Å². The van der Waals surface area contributed by atoms with Crippen molar-refractivity contribution in [2.45, 2.75) is 19.9 Å². The number of hydrogen-bond acceptors (Lipinski definition) is 6. The van der Waals surface area contributed by atoms with Crippen molar-refractivity contribution in [3.63, 3.8) is 0 Å². The molecule has 2 aromatic carbocycles. The third kappa shape index (κ3) is 6.16. The van der Waals surface area contributed by atoms with Gasteiger partial charge in [0.05, 0.1) is 7.11 Å². The first kappa shape index (κ1) is 23.5. The molecule has 1 unspecified atom stereocenters. The first-order valence-electron chi connectivity index (χ1n) is 10.1. The highest BCUT2D eigenvalue weighted by Gasteiger charge is 2.27. The smallest absolute Gasteiger partial charge is 0.328 e. The summed E-state index contributed by atoms with van der Waals surface area (Å²) in [6, 6.07) is 12.3. The van der Waals surface area contributed by atoms with Gasteiger partial charge in [0, 0.05) is 23.0 Å². The summed E-state index contributed by atoms with van der Waals surface area (Å²) < 4.78 is 23.1. The molecule has 9 nitrogen and oxygen atoms in total. The van der Waals surface area contributed by atoms with Crippen molar-refractivity contribution < 1.29 is 28.0 Å². The molecule has 0 aliphatic rings. The molecule has 0 radical (unpaired) electrons.